The molecule has 0 N–H and O–H groups in total. The van der Waals surface area contributed by atoms with Crippen LogP contribution in [0.2, 0.25) is 0 Å². The highest BCUT2D eigenvalue weighted by Gasteiger charge is 2.22. The van der Waals surface area contributed by atoms with E-state index in [1.807, 2.05) is 12.1 Å². The molecular formula is C18H21FN2O2. The van der Waals surface area contributed by atoms with Crippen LogP contribution in [0.1, 0.15) is 25.0 Å². The van der Waals surface area contributed by atoms with Gasteiger partial charge in [0.15, 0.2) is 0 Å². The van der Waals surface area contributed by atoms with E-state index in [0.29, 0.717) is 12.3 Å². The molecule has 0 radical (unpaired) electrons. The second-order valence-electron chi connectivity index (χ2n) is 6.14. The number of halogens is 1. The SMILES string of the molecule is COC(=O)CC1CCN(Cc2ccc3cc(F)ccc3n2)CC1. The number of benzene rings is 1. The van der Waals surface area contributed by atoms with Crippen molar-refractivity contribution < 1.29 is 13.9 Å². The van der Waals surface area contributed by atoms with E-state index in [1.165, 1.54) is 19.2 Å². The summed E-state index contributed by atoms with van der Waals surface area (Å²) in [5, 5.41) is 0.825. The minimum Gasteiger partial charge on any atom is -0.469 e. The van der Waals surface area contributed by atoms with Gasteiger partial charge in [-0.1, -0.05) is 6.07 Å². The number of hydrogen-bond donors (Lipinski definition) is 0. The summed E-state index contributed by atoms with van der Waals surface area (Å²) in [5.74, 6) is 0.0674. The van der Waals surface area contributed by atoms with Gasteiger partial charge < -0.3 is 4.74 Å². The molecule has 0 amide bonds. The molecule has 2 heterocycles. The first-order valence-electron chi connectivity index (χ1n) is 7.98. The minimum atomic E-state index is -0.236. The van der Waals surface area contributed by atoms with Crippen molar-refractivity contribution in [2.45, 2.75) is 25.8 Å². The maximum absolute atomic E-state index is 13.2. The normalized spacial score (nSPS) is 16.6. The second kappa shape index (κ2) is 7.04. The first kappa shape index (κ1) is 15.9. The van der Waals surface area contributed by atoms with E-state index in [-0.39, 0.29) is 11.8 Å². The molecule has 1 aliphatic heterocycles. The minimum absolute atomic E-state index is 0.119. The number of methoxy groups -OCH3 is 1. The largest absolute Gasteiger partial charge is 0.469 e. The van der Waals surface area contributed by atoms with Crippen LogP contribution in [0.5, 0.6) is 0 Å². The lowest BCUT2D eigenvalue weighted by atomic mass is 9.93. The number of fused-ring (bicyclic) bond motifs is 1. The fraction of sp³-hybridized carbons (Fsp3) is 0.444. The number of pyridine rings is 1. The monoisotopic (exact) mass is 316 g/mol. The summed E-state index contributed by atoms with van der Waals surface area (Å²) in [7, 11) is 1.44. The fourth-order valence-electron chi connectivity index (χ4n) is 3.12. The summed E-state index contributed by atoms with van der Waals surface area (Å²) in [4.78, 5) is 18.3. The Balaban J connectivity index is 1.58. The second-order valence-corrected chi connectivity index (χ2v) is 6.14. The lowest BCUT2D eigenvalue weighted by Crippen LogP contribution is -2.34. The van der Waals surface area contributed by atoms with Crippen molar-refractivity contribution in [3.8, 4) is 0 Å². The highest BCUT2D eigenvalue weighted by atomic mass is 19.1. The van der Waals surface area contributed by atoms with Crippen molar-refractivity contribution in [1.82, 2.24) is 9.88 Å². The fourth-order valence-corrected chi connectivity index (χ4v) is 3.12. The molecule has 1 aromatic carbocycles. The summed E-state index contributed by atoms with van der Waals surface area (Å²) in [6.45, 7) is 2.72. The Bertz CT molecular complexity index is 696. The lowest BCUT2D eigenvalue weighted by molar-refractivity contribution is -0.142. The first-order chi connectivity index (χ1) is 11.1. The summed E-state index contributed by atoms with van der Waals surface area (Å²) in [6.07, 6.45) is 2.53. The van der Waals surface area contributed by atoms with E-state index in [2.05, 4.69) is 9.88 Å². The van der Waals surface area contributed by atoms with Gasteiger partial charge in [-0.25, -0.2) is 4.39 Å². The van der Waals surface area contributed by atoms with Crippen LogP contribution in [-0.2, 0) is 16.1 Å². The molecule has 2 aromatic rings. The van der Waals surface area contributed by atoms with E-state index in [4.69, 9.17) is 4.74 Å². The number of rotatable bonds is 4. The molecule has 1 aromatic heterocycles. The van der Waals surface area contributed by atoms with Crippen LogP contribution < -0.4 is 0 Å². The number of ether oxygens (including phenoxy) is 1. The van der Waals surface area contributed by atoms with Gasteiger partial charge in [-0.05, 0) is 56.1 Å². The van der Waals surface area contributed by atoms with Gasteiger partial charge >= 0.3 is 5.97 Å². The van der Waals surface area contributed by atoms with Gasteiger partial charge in [0.1, 0.15) is 5.82 Å². The molecule has 5 heteroatoms. The molecule has 0 aliphatic carbocycles. The molecule has 1 aliphatic rings. The van der Waals surface area contributed by atoms with E-state index in [0.717, 1.165) is 49.1 Å². The molecule has 0 unspecified atom stereocenters. The molecule has 0 saturated carbocycles. The van der Waals surface area contributed by atoms with Gasteiger partial charge in [-0.3, -0.25) is 14.7 Å². The standard InChI is InChI=1S/C18H21FN2O2/c1-23-18(22)10-13-6-8-21(9-7-13)12-16-4-2-14-11-15(19)3-5-17(14)20-16/h2-5,11,13H,6-10,12H2,1H3. The van der Waals surface area contributed by atoms with Crippen LogP contribution >= 0.6 is 0 Å². The van der Waals surface area contributed by atoms with Crippen LogP contribution in [0.4, 0.5) is 4.39 Å². The maximum atomic E-state index is 13.2. The Labute approximate surface area is 135 Å². The number of esters is 1. The first-order valence-corrected chi connectivity index (χ1v) is 7.98. The van der Waals surface area contributed by atoms with Crippen LogP contribution in [-0.4, -0.2) is 36.1 Å². The van der Waals surface area contributed by atoms with Crippen molar-refractivity contribution in [1.29, 1.82) is 0 Å². The van der Waals surface area contributed by atoms with Crippen molar-refractivity contribution in [2.24, 2.45) is 5.92 Å². The van der Waals surface area contributed by atoms with Crippen LogP contribution in [0, 0.1) is 11.7 Å². The third kappa shape index (κ3) is 4.05. The van der Waals surface area contributed by atoms with E-state index in [1.54, 1.807) is 6.07 Å². The Hall–Kier alpha value is -2.01. The quantitative estimate of drug-likeness (QED) is 0.813. The highest BCUT2D eigenvalue weighted by molar-refractivity contribution is 5.78. The third-order valence-corrected chi connectivity index (χ3v) is 4.48. The molecule has 1 fully saturated rings. The summed E-state index contributed by atoms with van der Waals surface area (Å²) in [6, 6.07) is 8.55. The molecule has 23 heavy (non-hydrogen) atoms. The number of carbonyl (C=O) groups is 1. The summed E-state index contributed by atoms with van der Waals surface area (Å²) in [5.41, 5.74) is 1.82. The zero-order valence-electron chi connectivity index (χ0n) is 13.3. The topological polar surface area (TPSA) is 42.4 Å². The Morgan fingerprint density at radius 2 is 2.09 bits per heavy atom. The zero-order valence-corrected chi connectivity index (χ0v) is 13.3. The average molecular weight is 316 g/mol. The number of carbonyl (C=O) groups excluding carboxylic acids is 1. The molecule has 3 rings (SSSR count). The molecular weight excluding hydrogens is 295 g/mol. The molecule has 122 valence electrons. The van der Waals surface area contributed by atoms with Gasteiger partial charge in [0.05, 0.1) is 18.3 Å². The van der Waals surface area contributed by atoms with Crippen molar-refractivity contribution in [3.05, 3.63) is 41.8 Å². The highest BCUT2D eigenvalue weighted by Crippen LogP contribution is 2.22. The average Bonchev–Trinajstić information content (AvgIpc) is 2.56. The van der Waals surface area contributed by atoms with E-state index >= 15 is 0 Å². The van der Waals surface area contributed by atoms with Crippen LogP contribution in [0.25, 0.3) is 10.9 Å². The lowest BCUT2D eigenvalue weighted by Gasteiger charge is -2.31. The third-order valence-electron chi connectivity index (χ3n) is 4.48. The van der Waals surface area contributed by atoms with Gasteiger partial charge in [-0.2, -0.15) is 0 Å². The Morgan fingerprint density at radius 3 is 2.83 bits per heavy atom. The van der Waals surface area contributed by atoms with Crippen molar-refractivity contribution >= 4 is 16.9 Å². The molecule has 4 nitrogen and oxygen atoms in total. The molecule has 0 bridgehead atoms. The van der Waals surface area contributed by atoms with E-state index < -0.39 is 0 Å². The Morgan fingerprint density at radius 1 is 1.30 bits per heavy atom. The summed E-state index contributed by atoms with van der Waals surface area (Å²) < 4.78 is 17.9. The maximum Gasteiger partial charge on any atom is 0.305 e. The van der Waals surface area contributed by atoms with Gasteiger partial charge in [0.25, 0.3) is 0 Å². The molecule has 0 spiro atoms. The molecule has 0 atom stereocenters. The Kier molecular flexibility index (Phi) is 4.86. The van der Waals surface area contributed by atoms with Crippen LogP contribution in [0.15, 0.2) is 30.3 Å². The number of likely N-dealkylation sites (tertiary alicyclic amines) is 1. The van der Waals surface area contributed by atoms with Gasteiger partial charge in [-0.15, -0.1) is 0 Å². The van der Waals surface area contributed by atoms with Crippen molar-refractivity contribution in [2.75, 3.05) is 20.2 Å². The number of hydrogen-bond acceptors (Lipinski definition) is 4. The molecule has 1 saturated heterocycles. The number of aromatic nitrogens is 1. The van der Waals surface area contributed by atoms with Crippen LogP contribution in [0.3, 0.4) is 0 Å². The predicted octanol–water partition coefficient (Wildman–Crippen LogP) is 3.15. The number of piperidine rings is 1. The number of nitrogens with zero attached hydrogens (tertiary/aromatic N) is 2. The summed E-state index contributed by atoms with van der Waals surface area (Å²) >= 11 is 0. The smallest absolute Gasteiger partial charge is 0.305 e. The zero-order chi connectivity index (χ0) is 16.2. The van der Waals surface area contributed by atoms with E-state index in [9.17, 15) is 9.18 Å². The van der Waals surface area contributed by atoms with Gasteiger partial charge in [0, 0.05) is 18.4 Å². The predicted molar refractivity (Wildman–Crippen MR) is 86.3 cm³/mol. The van der Waals surface area contributed by atoms with Crippen molar-refractivity contribution in [3.63, 3.8) is 0 Å². The van der Waals surface area contributed by atoms with Gasteiger partial charge in [0.2, 0.25) is 0 Å².